The second-order valence-electron chi connectivity index (χ2n) is 10.7. The largest absolute Gasteiger partial charge is 0.350 e. The number of piperidine rings is 1. The lowest BCUT2D eigenvalue weighted by atomic mass is 9.21. The molecule has 0 aliphatic carbocycles. The van der Waals surface area contributed by atoms with Crippen molar-refractivity contribution in [2.45, 2.75) is 34.9 Å². The van der Waals surface area contributed by atoms with Crippen molar-refractivity contribution in [1.82, 2.24) is 20.2 Å². The van der Waals surface area contributed by atoms with Crippen LogP contribution in [0.5, 0.6) is 0 Å². The Morgan fingerprint density at radius 1 is 1.18 bits per heavy atom. The number of benzene rings is 1. The quantitative estimate of drug-likeness (QED) is 0.486. The van der Waals surface area contributed by atoms with Crippen molar-refractivity contribution < 1.29 is 13.6 Å². The van der Waals surface area contributed by atoms with Crippen LogP contribution in [-0.4, -0.2) is 91.9 Å². The third-order valence-electron chi connectivity index (χ3n) is 7.72. The molecule has 2 aromatic rings. The highest BCUT2D eigenvalue weighted by molar-refractivity contribution is 6.57. The molecule has 1 amide bonds. The number of rotatable bonds is 5. The molecule has 1 aliphatic rings. The molecule has 1 saturated heterocycles. The lowest BCUT2D eigenvalue weighted by molar-refractivity contribution is 0.00357. The van der Waals surface area contributed by atoms with Crippen molar-refractivity contribution in [3.8, 4) is 0 Å². The van der Waals surface area contributed by atoms with Gasteiger partial charge in [-0.2, -0.15) is 0 Å². The van der Waals surface area contributed by atoms with E-state index < -0.39 is 27.3 Å². The Morgan fingerprint density at radius 2 is 1.79 bits per heavy atom. The van der Waals surface area contributed by atoms with Crippen LogP contribution in [0.4, 0.5) is 8.78 Å². The van der Waals surface area contributed by atoms with Gasteiger partial charge in [0.05, 0.1) is 11.6 Å². The number of halogens is 3. The minimum atomic E-state index is -1.66. The number of carbonyl (C=O) groups is 1. The molecule has 1 aromatic heterocycles. The predicted molar refractivity (Wildman–Crippen MR) is 144 cm³/mol. The normalized spacial score (nSPS) is 23.2. The molecule has 0 bridgehead atoms. The maximum Gasteiger partial charge on any atom is 0.252 e. The van der Waals surface area contributed by atoms with Crippen molar-refractivity contribution in [3.05, 3.63) is 58.4 Å². The van der Waals surface area contributed by atoms with Crippen LogP contribution >= 0.6 is 11.6 Å². The second kappa shape index (κ2) is 8.80. The third-order valence-corrected chi connectivity index (χ3v) is 8.01. The van der Waals surface area contributed by atoms with Gasteiger partial charge in [0, 0.05) is 31.0 Å². The summed E-state index contributed by atoms with van der Waals surface area (Å²) in [4.78, 5) is 23.7. The minimum Gasteiger partial charge on any atom is -0.350 e. The van der Waals surface area contributed by atoms with Gasteiger partial charge in [-0.25, -0.2) is 18.7 Å². The first-order valence-corrected chi connectivity index (χ1v) is 11.5. The van der Waals surface area contributed by atoms with Gasteiger partial charge in [0.2, 0.25) is 0 Å². The molecule has 14 heteroatoms. The highest BCUT2D eigenvalue weighted by atomic mass is 35.5. The molecular formula is C19H27B6ClF2N4O. The Kier molecular flexibility index (Phi) is 6.91. The zero-order valence-corrected chi connectivity index (χ0v) is 21.1. The fourth-order valence-corrected chi connectivity index (χ4v) is 5.00. The molecule has 3 rings (SSSR count). The summed E-state index contributed by atoms with van der Waals surface area (Å²) in [5.41, 5.74) is -0.419. The average molecular weight is 466 g/mol. The van der Waals surface area contributed by atoms with Crippen LogP contribution in [-0.2, 0) is 6.54 Å². The number of alkyl halides is 1. The van der Waals surface area contributed by atoms with E-state index in [0.29, 0.717) is 12.4 Å². The number of aryl methyl sites for hydroxylation is 1. The Labute approximate surface area is 204 Å². The first kappa shape index (κ1) is 25.9. The molecule has 1 aliphatic heterocycles. The number of hydrogen-bond acceptors (Lipinski definition) is 4. The van der Waals surface area contributed by atoms with Crippen LogP contribution < -0.4 is 5.32 Å². The van der Waals surface area contributed by atoms with Crippen LogP contribution in [0.25, 0.3) is 0 Å². The summed E-state index contributed by atoms with van der Waals surface area (Å²) in [6.45, 7) is 2.53. The molecule has 5 nitrogen and oxygen atoms in total. The molecule has 168 valence electrons. The fraction of sp³-hybridized carbons (Fsp3) is 0.421. The summed E-state index contributed by atoms with van der Waals surface area (Å²) in [6, 6.07) is 3.93. The van der Waals surface area contributed by atoms with Gasteiger partial charge < -0.3 is 10.2 Å². The number of carbonyl (C=O) groups excluding carboxylic acids is 1. The smallest absolute Gasteiger partial charge is 0.252 e. The summed E-state index contributed by atoms with van der Waals surface area (Å²) in [5, 5.41) is 0.419. The molecule has 2 heterocycles. The number of nitrogens with one attached hydrogen (secondary N) is 1. The van der Waals surface area contributed by atoms with E-state index in [9.17, 15) is 9.18 Å². The fourth-order valence-electron chi connectivity index (χ4n) is 4.81. The van der Waals surface area contributed by atoms with Crippen LogP contribution in [0, 0.1) is 12.7 Å². The standard InChI is InChI=1S/C19H27B6ClF2N4O/c1-10-5-30-14(31-6-10)7-29-8-16(28)17(20,21)9-32(19(24,25)18(16,22)23)15(33)11-2-3-13(27)12(26)4-11/h2-6,29H,7-9,20-25H2,1H3. The number of likely N-dealkylation sites (tertiary alicyclic amines) is 1. The molecule has 0 spiro atoms. The molecule has 1 atom stereocenters. The first-order chi connectivity index (χ1) is 15.1. The SMILES string of the molecule is BC1(B)CN(C(=O)c2ccc(F)c(Cl)c2)C(B)(B)C(B)(B)C1(F)CNCc1ncc(C)cn1. The Balaban J connectivity index is 1.89. The van der Waals surface area contributed by atoms with Gasteiger partial charge >= 0.3 is 0 Å². The van der Waals surface area contributed by atoms with Crippen molar-refractivity contribution in [2.24, 2.45) is 0 Å². The molecule has 1 N–H and O–H groups in total. The van der Waals surface area contributed by atoms with Gasteiger partial charge in [-0.05, 0) is 46.5 Å². The second-order valence-corrected chi connectivity index (χ2v) is 11.1. The van der Waals surface area contributed by atoms with Crippen LogP contribution in [0.15, 0.2) is 30.6 Å². The number of amides is 1. The molecule has 0 radical (unpaired) electrons. The molecule has 0 saturated carbocycles. The van der Waals surface area contributed by atoms with Gasteiger partial charge in [0.25, 0.3) is 5.91 Å². The van der Waals surface area contributed by atoms with Gasteiger partial charge in [-0.3, -0.25) is 4.79 Å². The third kappa shape index (κ3) is 4.39. The molecule has 1 aromatic carbocycles. The summed E-state index contributed by atoms with van der Waals surface area (Å²) in [6.07, 6.45) is 3.47. The molecular weight excluding hydrogens is 439 g/mol. The first-order valence-electron chi connectivity index (χ1n) is 11.1. The predicted octanol–water partition coefficient (Wildman–Crippen LogP) is -2.78. The summed E-state index contributed by atoms with van der Waals surface area (Å²) >= 11 is 5.92. The van der Waals surface area contributed by atoms with E-state index in [2.05, 4.69) is 15.3 Å². The number of hydrogen-bond donors (Lipinski definition) is 1. The van der Waals surface area contributed by atoms with E-state index in [0.717, 1.165) is 5.56 Å². The van der Waals surface area contributed by atoms with Crippen LogP contribution in [0.2, 0.25) is 15.5 Å². The van der Waals surface area contributed by atoms with Gasteiger partial charge in [0.1, 0.15) is 64.4 Å². The van der Waals surface area contributed by atoms with Gasteiger partial charge in [-0.1, -0.05) is 11.6 Å². The van der Waals surface area contributed by atoms with E-state index >= 15 is 4.39 Å². The van der Waals surface area contributed by atoms with Gasteiger partial charge in [0.15, 0.2) is 0 Å². The van der Waals surface area contributed by atoms with E-state index in [-0.39, 0.29) is 29.6 Å². The van der Waals surface area contributed by atoms with E-state index in [1.807, 2.05) is 54.0 Å². The lowest BCUT2D eigenvalue weighted by Crippen LogP contribution is -2.77. The number of nitrogens with zero attached hydrogens (tertiary/aromatic N) is 3. The van der Waals surface area contributed by atoms with Crippen LogP contribution in [0.1, 0.15) is 21.7 Å². The average Bonchev–Trinajstić information content (AvgIpc) is 2.73. The molecule has 1 unspecified atom stereocenters. The summed E-state index contributed by atoms with van der Waals surface area (Å²) in [7, 11) is 11.1. The zero-order chi connectivity index (χ0) is 24.8. The topological polar surface area (TPSA) is 58.1 Å². The number of aromatic nitrogens is 2. The highest BCUT2D eigenvalue weighted by Crippen LogP contribution is 2.59. The zero-order valence-electron chi connectivity index (χ0n) is 20.4. The van der Waals surface area contributed by atoms with Crippen LogP contribution in [0.3, 0.4) is 0 Å². The van der Waals surface area contributed by atoms with Crippen molar-refractivity contribution in [2.75, 3.05) is 13.1 Å². The maximum absolute atomic E-state index is 17.0. The van der Waals surface area contributed by atoms with Gasteiger partial charge in [-0.15, -0.1) is 0 Å². The van der Waals surface area contributed by atoms with Crippen molar-refractivity contribution >= 4 is 64.6 Å². The van der Waals surface area contributed by atoms with E-state index in [1.165, 1.54) is 18.2 Å². The minimum absolute atomic E-state index is 0.0814. The Morgan fingerprint density at radius 3 is 2.36 bits per heavy atom. The molecule has 33 heavy (non-hydrogen) atoms. The Hall–Kier alpha value is -1.73. The Bertz CT molecular complexity index is 1060. The molecule has 1 fully saturated rings. The monoisotopic (exact) mass is 466 g/mol. The maximum atomic E-state index is 17.0. The summed E-state index contributed by atoms with van der Waals surface area (Å²) < 4.78 is 30.7. The highest BCUT2D eigenvalue weighted by Gasteiger charge is 2.66. The van der Waals surface area contributed by atoms with Crippen molar-refractivity contribution in [1.29, 1.82) is 0 Å². The van der Waals surface area contributed by atoms with E-state index in [1.54, 1.807) is 17.3 Å². The van der Waals surface area contributed by atoms with E-state index in [4.69, 9.17) is 11.6 Å². The lowest BCUT2D eigenvalue weighted by Gasteiger charge is -2.67. The summed E-state index contributed by atoms with van der Waals surface area (Å²) in [5.74, 6) is -0.288. The van der Waals surface area contributed by atoms with Crippen molar-refractivity contribution in [3.63, 3.8) is 0 Å².